The molecule has 1 heterocycles. The van der Waals surface area contributed by atoms with Crippen LogP contribution in [0.5, 0.6) is 0 Å². The van der Waals surface area contributed by atoms with Gasteiger partial charge in [-0.05, 0) is 53.0 Å². The zero-order chi connectivity index (χ0) is 13.0. The van der Waals surface area contributed by atoms with Crippen LogP contribution in [0.3, 0.4) is 0 Å². The van der Waals surface area contributed by atoms with E-state index in [9.17, 15) is 0 Å². The van der Waals surface area contributed by atoms with Gasteiger partial charge >= 0.3 is 0 Å². The van der Waals surface area contributed by atoms with Gasteiger partial charge in [0, 0.05) is 25.2 Å². The standard InChI is InChI=1S/C15H30N2O/c1-15(2,3)18-11-10-17-9-5-4-6-14(17)12-16-13-7-8-13/h13-14,16H,4-12H2,1-3H3. The van der Waals surface area contributed by atoms with Crippen LogP contribution in [0.15, 0.2) is 0 Å². The lowest BCUT2D eigenvalue weighted by Gasteiger charge is -2.36. The molecule has 0 aromatic carbocycles. The molecule has 0 spiro atoms. The minimum Gasteiger partial charge on any atom is -0.375 e. The van der Waals surface area contributed by atoms with E-state index >= 15 is 0 Å². The summed E-state index contributed by atoms with van der Waals surface area (Å²) in [5.41, 5.74) is -0.00243. The van der Waals surface area contributed by atoms with Crippen molar-refractivity contribution in [3.8, 4) is 0 Å². The van der Waals surface area contributed by atoms with E-state index in [0.29, 0.717) is 0 Å². The number of likely N-dealkylation sites (tertiary alicyclic amines) is 1. The molecule has 1 atom stereocenters. The Morgan fingerprint density at radius 3 is 2.61 bits per heavy atom. The lowest BCUT2D eigenvalue weighted by atomic mass is 10.0. The van der Waals surface area contributed by atoms with Crippen LogP contribution in [0.25, 0.3) is 0 Å². The molecule has 3 heteroatoms. The minimum absolute atomic E-state index is 0.00243. The minimum atomic E-state index is -0.00243. The van der Waals surface area contributed by atoms with Gasteiger partial charge in [0.05, 0.1) is 12.2 Å². The molecule has 2 aliphatic rings. The molecule has 18 heavy (non-hydrogen) atoms. The van der Waals surface area contributed by atoms with Crippen LogP contribution in [-0.4, -0.2) is 48.8 Å². The fourth-order valence-corrected chi connectivity index (χ4v) is 2.64. The van der Waals surface area contributed by atoms with Crippen molar-refractivity contribution in [3.05, 3.63) is 0 Å². The quantitative estimate of drug-likeness (QED) is 0.788. The number of ether oxygens (including phenoxy) is 1. The second-order valence-corrected chi connectivity index (χ2v) is 6.83. The Kier molecular flexibility index (Phi) is 5.05. The monoisotopic (exact) mass is 254 g/mol. The van der Waals surface area contributed by atoms with Crippen LogP contribution >= 0.6 is 0 Å². The summed E-state index contributed by atoms with van der Waals surface area (Å²) in [5.74, 6) is 0. The van der Waals surface area contributed by atoms with E-state index in [1.54, 1.807) is 0 Å². The van der Waals surface area contributed by atoms with Crippen LogP contribution in [-0.2, 0) is 4.74 Å². The van der Waals surface area contributed by atoms with E-state index in [2.05, 4.69) is 31.0 Å². The van der Waals surface area contributed by atoms with Gasteiger partial charge in [0.15, 0.2) is 0 Å². The molecule has 0 aromatic heterocycles. The average molecular weight is 254 g/mol. The highest BCUT2D eigenvalue weighted by atomic mass is 16.5. The summed E-state index contributed by atoms with van der Waals surface area (Å²) in [6.07, 6.45) is 6.89. The van der Waals surface area contributed by atoms with Crippen LogP contribution in [0.4, 0.5) is 0 Å². The third-order valence-electron chi connectivity index (χ3n) is 3.88. The van der Waals surface area contributed by atoms with E-state index in [-0.39, 0.29) is 5.60 Å². The Hall–Kier alpha value is -0.120. The maximum atomic E-state index is 5.86. The van der Waals surface area contributed by atoms with E-state index in [1.165, 1.54) is 45.2 Å². The normalized spacial score (nSPS) is 26.5. The van der Waals surface area contributed by atoms with E-state index in [1.807, 2.05) is 0 Å². The number of rotatable bonds is 6. The molecule has 2 rings (SSSR count). The van der Waals surface area contributed by atoms with Gasteiger partial charge < -0.3 is 10.1 Å². The number of nitrogens with one attached hydrogen (secondary N) is 1. The smallest absolute Gasteiger partial charge is 0.0600 e. The largest absolute Gasteiger partial charge is 0.375 e. The van der Waals surface area contributed by atoms with Crippen molar-refractivity contribution in [2.45, 2.75) is 70.6 Å². The summed E-state index contributed by atoms with van der Waals surface area (Å²) < 4.78 is 5.86. The van der Waals surface area contributed by atoms with E-state index in [4.69, 9.17) is 4.74 Å². The molecular weight excluding hydrogens is 224 g/mol. The van der Waals surface area contributed by atoms with Crippen LogP contribution in [0.1, 0.15) is 52.9 Å². The molecule has 0 amide bonds. The Labute approximate surface area is 112 Å². The Bertz CT molecular complexity index is 245. The van der Waals surface area contributed by atoms with Gasteiger partial charge in [0.25, 0.3) is 0 Å². The van der Waals surface area contributed by atoms with Crippen molar-refractivity contribution < 1.29 is 4.74 Å². The Balaban J connectivity index is 1.68. The first-order valence-electron chi connectivity index (χ1n) is 7.66. The molecular formula is C15H30N2O. The highest BCUT2D eigenvalue weighted by molar-refractivity contribution is 4.85. The van der Waals surface area contributed by atoms with Gasteiger partial charge in [-0.1, -0.05) is 6.42 Å². The predicted molar refractivity (Wildman–Crippen MR) is 75.9 cm³/mol. The summed E-state index contributed by atoms with van der Waals surface area (Å²) in [6, 6.07) is 1.57. The first kappa shape index (κ1) is 14.3. The fraction of sp³-hybridized carbons (Fsp3) is 1.00. The summed E-state index contributed by atoms with van der Waals surface area (Å²) in [6.45, 7) is 10.8. The first-order chi connectivity index (χ1) is 8.54. The number of piperidine rings is 1. The maximum absolute atomic E-state index is 5.86. The molecule has 1 saturated carbocycles. The molecule has 1 saturated heterocycles. The molecule has 1 aliphatic carbocycles. The summed E-state index contributed by atoms with van der Waals surface area (Å²) in [5, 5.41) is 3.68. The van der Waals surface area contributed by atoms with Crippen molar-refractivity contribution in [1.29, 1.82) is 0 Å². The average Bonchev–Trinajstić information content (AvgIpc) is 3.10. The summed E-state index contributed by atoms with van der Waals surface area (Å²) >= 11 is 0. The van der Waals surface area contributed by atoms with E-state index < -0.39 is 0 Å². The number of hydrogen-bond donors (Lipinski definition) is 1. The van der Waals surface area contributed by atoms with E-state index in [0.717, 1.165) is 25.2 Å². The highest BCUT2D eigenvalue weighted by Crippen LogP contribution is 2.21. The van der Waals surface area contributed by atoms with Crippen LogP contribution in [0, 0.1) is 0 Å². The van der Waals surface area contributed by atoms with Crippen molar-refractivity contribution in [1.82, 2.24) is 10.2 Å². The highest BCUT2D eigenvalue weighted by Gasteiger charge is 2.26. The first-order valence-corrected chi connectivity index (χ1v) is 7.66. The third-order valence-corrected chi connectivity index (χ3v) is 3.88. The molecule has 0 bridgehead atoms. The van der Waals surface area contributed by atoms with Crippen molar-refractivity contribution in [2.24, 2.45) is 0 Å². The van der Waals surface area contributed by atoms with Crippen LogP contribution in [0.2, 0.25) is 0 Å². The van der Waals surface area contributed by atoms with Gasteiger partial charge in [0.2, 0.25) is 0 Å². The maximum Gasteiger partial charge on any atom is 0.0600 e. The SMILES string of the molecule is CC(C)(C)OCCN1CCCCC1CNC1CC1. The molecule has 2 fully saturated rings. The summed E-state index contributed by atoms with van der Waals surface area (Å²) in [7, 11) is 0. The van der Waals surface area contributed by atoms with Gasteiger partial charge in [-0.3, -0.25) is 4.90 Å². The number of nitrogens with zero attached hydrogens (tertiary/aromatic N) is 1. The Morgan fingerprint density at radius 2 is 1.94 bits per heavy atom. The van der Waals surface area contributed by atoms with Crippen molar-refractivity contribution >= 4 is 0 Å². The molecule has 1 unspecified atom stereocenters. The fourth-order valence-electron chi connectivity index (χ4n) is 2.64. The second kappa shape index (κ2) is 6.36. The lowest BCUT2D eigenvalue weighted by molar-refractivity contribution is -0.0209. The Morgan fingerprint density at radius 1 is 1.17 bits per heavy atom. The van der Waals surface area contributed by atoms with Gasteiger partial charge in [0.1, 0.15) is 0 Å². The van der Waals surface area contributed by atoms with Crippen molar-refractivity contribution in [3.63, 3.8) is 0 Å². The molecule has 1 N–H and O–H groups in total. The molecule has 0 aromatic rings. The molecule has 0 radical (unpaired) electrons. The van der Waals surface area contributed by atoms with Gasteiger partial charge in [-0.25, -0.2) is 0 Å². The van der Waals surface area contributed by atoms with Crippen LogP contribution < -0.4 is 5.32 Å². The molecule has 3 nitrogen and oxygen atoms in total. The van der Waals surface area contributed by atoms with Crippen molar-refractivity contribution in [2.75, 3.05) is 26.2 Å². The topological polar surface area (TPSA) is 24.5 Å². The summed E-state index contributed by atoms with van der Waals surface area (Å²) in [4.78, 5) is 2.63. The molecule has 106 valence electrons. The second-order valence-electron chi connectivity index (χ2n) is 6.83. The zero-order valence-corrected chi connectivity index (χ0v) is 12.4. The number of hydrogen-bond acceptors (Lipinski definition) is 3. The predicted octanol–water partition coefficient (Wildman–Crippen LogP) is 2.41. The van der Waals surface area contributed by atoms with Gasteiger partial charge in [-0.15, -0.1) is 0 Å². The molecule has 1 aliphatic heterocycles. The zero-order valence-electron chi connectivity index (χ0n) is 12.4. The lowest BCUT2D eigenvalue weighted by Crippen LogP contribution is -2.47. The van der Waals surface area contributed by atoms with Gasteiger partial charge in [-0.2, -0.15) is 0 Å². The third kappa shape index (κ3) is 5.25.